The average Bonchev–Trinajstić information content (AvgIpc) is 2.72. The first-order valence-electron chi connectivity index (χ1n) is 9.27. The molecule has 3 aromatic carbocycles. The van der Waals surface area contributed by atoms with Crippen LogP contribution in [0.5, 0.6) is 0 Å². The molecule has 0 fully saturated rings. The fraction of sp³-hybridized carbons (Fsp3) is 0.160. The van der Waals surface area contributed by atoms with Crippen LogP contribution in [0.1, 0.15) is 41.5 Å². The van der Waals surface area contributed by atoms with Gasteiger partial charge in [0.25, 0.3) is 0 Å². The Morgan fingerprint density at radius 1 is 0.852 bits per heavy atom. The zero-order chi connectivity index (χ0) is 19.1. The van der Waals surface area contributed by atoms with Crippen molar-refractivity contribution >= 4 is 11.5 Å². The van der Waals surface area contributed by atoms with Gasteiger partial charge in [0.05, 0.1) is 5.92 Å². The van der Waals surface area contributed by atoms with Gasteiger partial charge >= 0.3 is 5.97 Å². The molecule has 0 radical (unpaired) electrons. The Bertz CT molecular complexity index is 870. The molecule has 0 saturated heterocycles. The van der Waals surface area contributed by atoms with Crippen LogP contribution < -0.4 is 0 Å². The van der Waals surface area contributed by atoms with Gasteiger partial charge in [0, 0.05) is 5.57 Å². The smallest absolute Gasteiger partial charge is 0.318 e. The molecule has 0 bridgehead atoms. The molecule has 2 heteroatoms. The highest BCUT2D eigenvalue weighted by molar-refractivity contribution is 5.83. The average molecular weight is 356 g/mol. The largest absolute Gasteiger partial charge is 0.433 e. The van der Waals surface area contributed by atoms with Crippen molar-refractivity contribution in [2.75, 3.05) is 0 Å². The van der Waals surface area contributed by atoms with E-state index in [1.54, 1.807) is 6.26 Å². The maximum atomic E-state index is 12.8. The maximum Gasteiger partial charge on any atom is 0.318 e. The third-order valence-electron chi connectivity index (χ3n) is 4.72. The number of hydrogen-bond donors (Lipinski definition) is 0. The SMILES string of the molecule is CC[C@H](C(=O)OC=C(c1ccccc1)c1ccccc1)c1ccccc1C. The standard InChI is InChI=1S/C25H24O2/c1-3-22(23-17-11-10-12-19(23)2)25(26)27-18-24(20-13-6-4-7-14-20)21-15-8-5-9-16-21/h4-18,22H,3H2,1-2H3/t22-/m0/s1. The second-order valence-electron chi connectivity index (χ2n) is 6.52. The summed E-state index contributed by atoms with van der Waals surface area (Å²) >= 11 is 0. The van der Waals surface area contributed by atoms with Crippen molar-refractivity contribution in [1.82, 2.24) is 0 Å². The van der Waals surface area contributed by atoms with Crippen LogP contribution in [-0.4, -0.2) is 5.97 Å². The molecule has 27 heavy (non-hydrogen) atoms. The van der Waals surface area contributed by atoms with Gasteiger partial charge in [-0.05, 0) is 35.6 Å². The van der Waals surface area contributed by atoms with Crippen molar-refractivity contribution in [3.63, 3.8) is 0 Å². The summed E-state index contributed by atoms with van der Waals surface area (Å²) in [7, 11) is 0. The fourth-order valence-corrected chi connectivity index (χ4v) is 3.23. The summed E-state index contributed by atoms with van der Waals surface area (Å²) in [5.41, 5.74) is 5.06. The second kappa shape index (κ2) is 9.00. The Hall–Kier alpha value is -3.13. The molecule has 2 nitrogen and oxygen atoms in total. The zero-order valence-corrected chi connectivity index (χ0v) is 15.8. The number of carbonyl (C=O) groups is 1. The summed E-state index contributed by atoms with van der Waals surface area (Å²) in [6.45, 7) is 4.04. The van der Waals surface area contributed by atoms with E-state index >= 15 is 0 Å². The van der Waals surface area contributed by atoms with Gasteiger partial charge < -0.3 is 4.74 Å². The number of esters is 1. The quantitative estimate of drug-likeness (QED) is 0.393. The second-order valence-corrected chi connectivity index (χ2v) is 6.52. The van der Waals surface area contributed by atoms with Gasteiger partial charge in [-0.2, -0.15) is 0 Å². The van der Waals surface area contributed by atoms with E-state index in [0.29, 0.717) is 6.42 Å². The van der Waals surface area contributed by atoms with Crippen molar-refractivity contribution in [3.8, 4) is 0 Å². The molecule has 0 unspecified atom stereocenters. The molecule has 0 spiro atoms. The van der Waals surface area contributed by atoms with Crippen molar-refractivity contribution in [2.45, 2.75) is 26.2 Å². The van der Waals surface area contributed by atoms with Crippen LogP contribution in [0.25, 0.3) is 5.57 Å². The molecular formula is C25H24O2. The van der Waals surface area contributed by atoms with Crippen LogP contribution in [0.2, 0.25) is 0 Å². The Morgan fingerprint density at radius 2 is 1.37 bits per heavy atom. The summed E-state index contributed by atoms with van der Waals surface area (Å²) in [4.78, 5) is 12.8. The van der Waals surface area contributed by atoms with Crippen LogP contribution in [0.4, 0.5) is 0 Å². The van der Waals surface area contributed by atoms with Gasteiger partial charge in [-0.15, -0.1) is 0 Å². The Balaban J connectivity index is 1.90. The number of benzene rings is 3. The van der Waals surface area contributed by atoms with Crippen LogP contribution in [0, 0.1) is 6.92 Å². The number of rotatable bonds is 6. The van der Waals surface area contributed by atoms with Crippen molar-refractivity contribution in [2.24, 2.45) is 0 Å². The molecule has 0 saturated carbocycles. The van der Waals surface area contributed by atoms with Crippen LogP contribution in [-0.2, 0) is 9.53 Å². The lowest BCUT2D eigenvalue weighted by molar-refractivity contribution is -0.139. The predicted octanol–water partition coefficient (Wildman–Crippen LogP) is 6.12. The number of hydrogen-bond acceptors (Lipinski definition) is 2. The zero-order valence-electron chi connectivity index (χ0n) is 15.8. The Kier molecular flexibility index (Phi) is 6.22. The number of ether oxygens (including phenoxy) is 1. The summed E-state index contributed by atoms with van der Waals surface area (Å²) in [5, 5.41) is 0. The minimum atomic E-state index is -0.268. The lowest BCUT2D eigenvalue weighted by atomic mass is 9.93. The summed E-state index contributed by atoms with van der Waals surface area (Å²) in [6.07, 6.45) is 2.29. The van der Waals surface area contributed by atoms with Crippen molar-refractivity contribution in [1.29, 1.82) is 0 Å². The van der Waals surface area contributed by atoms with Crippen LogP contribution in [0.3, 0.4) is 0 Å². The first kappa shape index (κ1) is 18.7. The van der Waals surface area contributed by atoms with Gasteiger partial charge in [-0.1, -0.05) is 91.9 Å². The first-order chi connectivity index (χ1) is 13.2. The molecule has 0 aromatic heterocycles. The third kappa shape index (κ3) is 4.53. The Morgan fingerprint density at radius 3 is 1.89 bits per heavy atom. The van der Waals surface area contributed by atoms with Crippen LogP contribution >= 0.6 is 0 Å². The van der Waals surface area contributed by atoms with E-state index in [1.807, 2.05) is 98.8 Å². The van der Waals surface area contributed by atoms with E-state index in [-0.39, 0.29) is 11.9 Å². The van der Waals surface area contributed by atoms with Crippen molar-refractivity contribution in [3.05, 3.63) is 113 Å². The molecule has 0 amide bonds. The van der Waals surface area contributed by atoms with Gasteiger partial charge in [0.2, 0.25) is 0 Å². The molecular weight excluding hydrogens is 332 g/mol. The molecule has 3 rings (SSSR count). The van der Waals surface area contributed by atoms with E-state index < -0.39 is 0 Å². The molecule has 0 N–H and O–H groups in total. The predicted molar refractivity (Wildman–Crippen MR) is 110 cm³/mol. The minimum Gasteiger partial charge on any atom is -0.433 e. The van der Waals surface area contributed by atoms with E-state index in [1.165, 1.54) is 0 Å². The van der Waals surface area contributed by atoms with Gasteiger partial charge in [0.15, 0.2) is 0 Å². The highest BCUT2D eigenvalue weighted by Crippen LogP contribution is 2.27. The maximum absolute atomic E-state index is 12.8. The summed E-state index contributed by atoms with van der Waals surface area (Å²) < 4.78 is 5.67. The normalized spacial score (nSPS) is 11.5. The summed E-state index contributed by atoms with van der Waals surface area (Å²) in [5.74, 6) is -0.494. The fourth-order valence-electron chi connectivity index (χ4n) is 3.23. The first-order valence-corrected chi connectivity index (χ1v) is 9.27. The minimum absolute atomic E-state index is 0.226. The molecule has 136 valence electrons. The van der Waals surface area contributed by atoms with Gasteiger partial charge in [-0.3, -0.25) is 4.79 Å². The van der Waals surface area contributed by atoms with Gasteiger partial charge in [-0.25, -0.2) is 0 Å². The van der Waals surface area contributed by atoms with E-state index in [0.717, 1.165) is 27.8 Å². The van der Waals surface area contributed by atoms with E-state index in [9.17, 15) is 4.79 Å². The van der Waals surface area contributed by atoms with Crippen LogP contribution in [0.15, 0.2) is 91.2 Å². The van der Waals surface area contributed by atoms with Crippen molar-refractivity contribution < 1.29 is 9.53 Å². The molecule has 1 atom stereocenters. The third-order valence-corrected chi connectivity index (χ3v) is 4.72. The monoisotopic (exact) mass is 356 g/mol. The van der Waals surface area contributed by atoms with E-state index in [2.05, 4.69) is 0 Å². The summed E-state index contributed by atoms with van der Waals surface area (Å²) in [6, 6.07) is 27.9. The highest BCUT2D eigenvalue weighted by Gasteiger charge is 2.21. The molecule has 0 aliphatic heterocycles. The molecule has 0 aliphatic carbocycles. The van der Waals surface area contributed by atoms with E-state index in [4.69, 9.17) is 4.74 Å². The lowest BCUT2D eigenvalue weighted by Gasteiger charge is -2.16. The molecule has 0 heterocycles. The topological polar surface area (TPSA) is 26.3 Å². The number of carbonyl (C=O) groups excluding carboxylic acids is 1. The van der Waals surface area contributed by atoms with Gasteiger partial charge in [0.1, 0.15) is 6.26 Å². The highest BCUT2D eigenvalue weighted by atomic mass is 16.5. The molecule has 3 aromatic rings. The Labute approximate surface area is 161 Å². The lowest BCUT2D eigenvalue weighted by Crippen LogP contribution is -2.14. The number of aryl methyl sites for hydroxylation is 1. The molecule has 0 aliphatic rings.